The minimum absolute atomic E-state index is 0.0472. The highest BCUT2D eigenvalue weighted by Crippen LogP contribution is 2.43. The van der Waals surface area contributed by atoms with Crippen LogP contribution in [0.5, 0.6) is 23.0 Å². The third-order valence-corrected chi connectivity index (χ3v) is 4.13. The number of phenolic OH excluding ortho intramolecular Hbond substituents is 1. The Morgan fingerprint density at radius 1 is 1.22 bits per heavy atom. The summed E-state index contributed by atoms with van der Waals surface area (Å²) in [5.74, 6) is 0.752. The van der Waals surface area contributed by atoms with E-state index in [0.717, 1.165) is 0 Å². The van der Waals surface area contributed by atoms with E-state index in [1.54, 1.807) is 29.1 Å². The monoisotopic (exact) mass is 369 g/mol. The number of ether oxygens (including phenoxy) is 4. The molecular weight excluding hydrogens is 354 g/mol. The molecule has 0 bridgehead atoms. The Morgan fingerprint density at radius 3 is 2.85 bits per heavy atom. The van der Waals surface area contributed by atoms with Crippen LogP contribution in [0.4, 0.5) is 0 Å². The van der Waals surface area contributed by atoms with E-state index in [0.29, 0.717) is 34.2 Å². The number of fused-ring (bicyclic) bond motifs is 1. The van der Waals surface area contributed by atoms with Gasteiger partial charge in [-0.15, -0.1) is 5.10 Å². The molecule has 3 aromatic rings. The molecule has 0 radical (unpaired) electrons. The van der Waals surface area contributed by atoms with Crippen molar-refractivity contribution in [2.24, 2.45) is 0 Å². The fraction of sp³-hybridized carbons (Fsp3) is 0.167. The first kappa shape index (κ1) is 16.7. The molecule has 1 N–H and O–H groups in total. The van der Waals surface area contributed by atoms with Crippen molar-refractivity contribution < 1.29 is 28.8 Å². The van der Waals surface area contributed by atoms with Crippen LogP contribution in [-0.2, 0) is 4.74 Å². The number of methoxy groups -OCH3 is 2. The van der Waals surface area contributed by atoms with Crippen LogP contribution in [0, 0.1) is 0 Å². The molecule has 1 aromatic heterocycles. The molecule has 0 amide bonds. The second-order valence-corrected chi connectivity index (χ2v) is 5.64. The van der Waals surface area contributed by atoms with Gasteiger partial charge in [-0.3, -0.25) is 0 Å². The van der Waals surface area contributed by atoms with E-state index in [-0.39, 0.29) is 18.1 Å². The standard InChI is InChI=1S/C18H15N3O6/c1-24-15-6-11(7-16-17(15)27-9-26-16)21-13(8-19-20-21)10-3-4-14(22)12(5-10)18(23)25-2/h3-8,22H,9H2,1-2H3. The van der Waals surface area contributed by atoms with Crippen molar-refractivity contribution in [3.05, 3.63) is 42.1 Å². The third kappa shape index (κ3) is 2.78. The molecular formula is C18H15N3O6. The van der Waals surface area contributed by atoms with Crippen LogP contribution in [0.2, 0.25) is 0 Å². The first-order valence-electron chi connectivity index (χ1n) is 7.92. The molecule has 0 atom stereocenters. The molecule has 9 heteroatoms. The van der Waals surface area contributed by atoms with E-state index in [1.165, 1.54) is 26.4 Å². The van der Waals surface area contributed by atoms with Gasteiger partial charge in [-0.05, 0) is 18.2 Å². The predicted molar refractivity (Wildman–Crippen MR) is 92.5 cm³/mol. The summed E-state index contributed by atoms with van der Waals surface area (Å²) in [6, 6.07) is 8.08. The number of benzene rings is 2. The van der Waals surface area contributed by atoms with Crippen LogP contribution in [0.25, 0.3) is 16.9 Å². The second kappa shape index (κ2) is 6.52. The number of aromatic hydroxyl groups is 1. The highest BCUT2D eigenvalue weighted by molar-refractivity contribution is 5.93. The summed E-state index contributed by atoms with van der Waals surface area (Å²) in [5.41, 5.74) is 1.90. The number of aromatic nitrogens is 3. The molecule has 2 aromatic carbocycles. The van der Waals surface area contributed by atoms with Crippen LogP contribution in [0.1, 0.15) is 10.4 Å². The summed E-state index contributed by atoms with van der Waals surface area (Å²) in [5, 5.41) is 18.0. The van der Waals surface area contributed by atoms with Crippen molar-refractivity contribution in [1.82, 2.24) is 15.0 Å². The van der Waals surface area contributed by atoms with Crippen molar-refractivity contribution in [3.8, 4) is 39.9 Å². The number of hydrogen-bond donors (Lipinski definition) is 1. The maximum atomic E-state index is 11.9. The Hall–Kier alpha value is -3.75. The molecule has 2 heterocycles. The number of esters is 1. The van der Waals surface area contributed by atoms with Gasteiger partial charge in [0.2, 0.25) is 12.5 Å². The summed E-state index contributed by atoms with van der Waals surface area (Å²) >= 11 is 0. The average Bonchev–Trinajstić information content (AvgIpc) is 3.36. The Morgan fingerprint density at radius 2 is 2.07 bits per heavy atom. The summed E-state index contributed by atoms with van der Waals surface area (Å²) in [7, 11) is 2.78. The van der Waals surface area contributed by atoms with Crippen LogP contribution >= 0.6 is 0 Å². The Bertz CT molecular complexity index is 1030. The summed E-state index contributed by atoms with van der Waals surface area (Å²) in [6.07, 6.45) is 1.55. The van der Waals surface area contributed by atoms with E-state index in [9.17, 15) is 9.90 Å². The van der Waals surface area contributed by atoms with E-state index in [2.05, 4.69) is 10.3 Å². The van der Waals surface area contributed by atoms with Crippen LogP contribution in [-0.4, -0.2) is 47.1 Å². The van der Waals surface area contributed by atoms with Gasteiger partial charge >= 0.3 is 5.97 Å². The molecule has 9 nitrogen and oxygen atoms in total. The highest BCUT2D eigenvalue weighted by Gasteiger charge is 2.22. The molecule has 4 rings (SSSR count). The molecule has 0 spiro atoms. The zero-order valence-corrected chi connectivity index (χ0v) is 14.5. The third-order valence-electron chi connectivity index (χ3n) is 4.13. The van der Waals surface area contributed by atoms with E-state index in [1.807, 2.05) is 0 Å². The predicted octanol–water partition coefficient (Wildman–Crippen LogP) is 2.16. The average molecular weight is 369 g/mol. The van der Waals surface area contributed by atoms with Crippen molar-refractivity contribution in [2.45, 2.75) is 0 Å². The maximum absolute atomic E-state index is 11.9. The fourth-order valence-corrected chi connectivity index (χ4v) is 2.83. The molecule has 138 valence electrons. The van der Waals surface area contributed by atoms with E-state index < -0.39 is 5.97 Å². The fourth-order valence-electron chi connectivity index (χ4n) is 2.83. The number of hydrogen-bond acceptors (Lipinski definition) is 8. The number of carbonyl (C=O) groups excluding carboxylic acids is 1. The van der Waals surface area contributed by atoms with Gasteiger partial charge in [0.05, 0.1) is 31.8 Å². The van der Waals surface area contributed by atoms with Crippen molar-refractivity contribution in [1.29, 1.82) is 0 Å². The zero-order valence-electron chi connectivity index (χ0n) is 14.5. The number of rotatable bonds is 4. The molecule has 0 unspecified atom stereocenters. The lowest BCUT2D eigenvalue weighted by atomic mass is 10.1. The normalized spacial score (nSPS) is 12.1. The molecule has 27 heavy (non-hydrogen) atoms. The largest absolute Gasteiger partial charge is 0.507 e. The van der Waals surface area contributed by atoms with Gasteiger partial charge < -0.3 is 24.1 Å². The van der Waals surface area contributed by atoms with Gasteiger partial charge in [0, 0.05) is 17.7 Å². The van der Waals surface area contributed by atoms with Gasteiger partial charge in [0.15, 0.2) is 11.5 Å². The molecule has 0 fully saturated rings. The van der Waals surface area contributed by atoms with Crippen molar-refractivity contribution in [3.63, 3.8) is 0 Å². The Balaban J connectivity index is 1.82. The molecule has 1 aliphatic rings. The number of phenols is 1. The maximum Gasteiger partial charge on any atom is 0.341 e. The van der Waals surface area contributed by atoms with Gasteiger partial charge in [0.1, 0.15) is 11.3 Å². The lowest BCUT2D eigenvalue weighted by molar-refractivity contribution is 0.0597. The summed E-state index contributed by atoms with van der Waals surface area (Å²) in [6.45, 7) is 0.111. The smallest absolute Gasteiger partial charge is 0.341 e. The number of nitrogens with zero attached hydrogens (tertiary/aromatic N) is 3. The summed E-state index contributed by atoms with van der Waals surface area (Å²) in [4.78, 5) is 11.9. The Labute approximate surface area is 153 Å². The van der Waals surface area contributed by atoms with E-state index >= 15 is 0 Å². The minimum Gasteiger partial charge on any atom is -0.507 e. The van der Waals surface area contributed by atoms with Crippen molar-refractivity contribution >= 4 is 5.97 Å². The van der Waals surface area contributed by atoms with E-state index in [4.69, 9.17) is 18.9 Å². The zero-order chi connectivity index (χ0) is 19.0. The molecule has 0 aliphatic carbocycles. The van der Waals surface area contributed by atoms with Gasteiger partial charge in [-0.2, -0.15) is 0 Å². The van der Waals surface area contributed by atoms with Crippen molar-refractivity contribution in [2.75, 3.05) is 21.0 Å². The number of carbonyl (C=O) groups is 1. The Kier molecular flexibility index (Phi) is 4.03. The molecule has 1 aliphatic heterocycles. The first-order valence-corrected chi connectivity index (χ1v) is 7.92. The van der Waals surface area contributed by atoms with Gasteiger partial charge in [-0.25, -0.2) is 9.48 Å². The minimum atomic E-state index is -0.641. The van der Waals surface area contributed by atoms with Crippen LogP contribution in [0.15, 0.2) is 36.5 Å². The van der Waals surface area contributed by atoms with Gasteiger partial charge in [0.25, 0.3) is 0 Å². The lowest BCUT2D eigenvalue weighted by Crippen LogP contribution is -2.03. The summed E-state index contributed by atoms with van der Waals surface area (Å²) < 4.78 is 22.5. The van der Waals surface area contributed by atoms with Crippen LogP contribution < -0.4 is 14.2 Å². The lowest BCUT2D eigenvalue weighted by Gasteiger charge is -2.11. The quantitative estimate of drug-likeness (QED) is 0.698. The molecule has 0 saturated carbocycles. The van der Waals surface area contributed by atoms with Gasteiger partial charge in [-0.1, -0.05) is 5.21 Å². The topological polar surface area (TPSA) is 105 Å². The SMILES string of the molecule is COC(=O)c1cc(-c2cnnn2-c2cc(OC)c3c(c2)OCO3)ccc1O. The first-order chi connectivity index (χ1) is 13.1. The highest BCUT2D eigenvalue weighted by atomic mass is 16.7. The molecule has 0 saturated heterocycles. The second-order valence-electron chi connectivity index (χ2n) is 5.64. The van der Waals surface area contributed by atoms with Crippen LogP contribution in [0.3, 0.4) is 0 Å².